The van der Waals surface area contributed by atoms with Gasteiger partial charge in [0.25, 0.3) is 0 Å². The minimum Gasteiger partial charge on any atom is -0.508 e. The number of hydrogen-bond acceptors (Lipinski definition) is 4. The Morgan fingerprint density at radius 3 is 2.83 bits per heavy atom. The molecule has 2 atom stereocenters. The van der Waals surface area contributed by atoms with Gasteiger partial charge in [0.1, 0.15) is 5.75 Å². The first-order valence-electron chi connectivity index (χ1n) is 5.66. The quantitative estimate of drug-likeness (QED) is 0.912. The fourth-order valence-corrected chi connectivity index (χ4v) is 2.88. The van der Waals surface area contributed by atoms with Crippen LogP contribution in [0.3, 0.4) is 0 Å². The van der Waals surface area contributed by atoms with Gasteiger partial charge >= 0.3 is 0 Å². The van der Waals surface area contributed by atoms with Gasteiger partial charge in [0.05, 0.1) is 17.0 Å². The molecule has 0 amide bonds. The monoisotopic (exact) mass is 265 g/mol. The number of phenols is 1. The summed E-state index contributed by atoms with van der Waals surface area (Å²) in [6, 6.07) is 5.21. The predicted octanol–water partition coefficient (Wildman–Crippen LogP) is 1.61. The molecule has 0 spiro atoms. The van der Waals surface area contributed by atoms with Crippen molar-refractivity contribution in [1.82, 2.24) is 15.0 Å². The van der Waals surface area contributed by atoms with Gasteiger partial charge in [-0.3, -0.25) is 4.21 Å². The zero-order valence-electron chi connectivity index (χ0n) is 10.3. The second-order valence-electron chi connectivity index (χ2n) is 3.95. The number of aromatic hydroxyl groups is 1. The Morgan fingerprint density at radius 1 is 1.50 bits per heavy atom. The van der Waals surface area contributed by atoms with Crippen molar-refractivity contribution in [2.75, 3.05) is 5.75 Å². The fourth-order valence-electron chi connectivity index (χ4n) is 1.76. The first kappa shape index (κ1) is 12.8. The van der Waals surface area contributed by atoms with E-state index < -0.39 is 10.8 Å². The van der Waals surface area contributed by atoms with Crippen LogP contribution < -0.4 is 0 Å². The molecule has 0 aliphatic rings. The van der Waals surface area contributed by atoms with E-state index in [-0.39, 0.29) is 11.1 Å². The average molecular weight is 265 g/mol. The Balaban J connectivity index is 2.46. The second-order valence-corrected chi connectivity index (χ2v) is 5.74. The van der Waals surface area contributed by atoms with Gasteiger partial charge in [0.2, 0.25) is 0 Å². The van der Waals surface area contributed by atoms with E-state index in [0.717, 1.165) is 11.1 Å². The van der Waals surface area contributed by atoms with Crippen molar-refractivity contribution in [3.63, 3.8) is 0 Å². The summed E-state index contributed by atoms with van der Waals surface area (Å²) in [6.07, 6.45) is 3.26. The van der Waals surface area contributed by atoms with Crippen molar-refractivity contribution in [1.29, 1.82) is 0 Å². The summed E-state index contributed by atoms with van der Waals surface area (Å²) in [5, 5.41) is 16.9. The summed E-state index contributed by atoms with van der Waals surface area (Å²) in [5.74, 6) is 0.767. The molecule has 2 unspecified atom stereocenters. The molecule has 5 nitrogen and oxygen atoms in total. The predicted molar refractivity (Wildman–Crippen MR) is 69.7 cm³/mol. The third-order valence-corrected chi connectivity index (χ3v) is 4.28. The van der Waals surface area contributed by atoms with Crippen LogP contribution in [-0.2, 0) is 10.8 Å². The summed E-state index contributed by atoms with van der Waals surface area (Å²) < 4.78 is 13.8. The summed E-state index contributed by atoms with van der Waals surface area (Å²) in [4.78, 5) is 0. The zero-order chi connectivity index (χ0) is 13.1. The highest BCUT2D eigenvalue weighted by atomic mass is 32.2. The Morgan fingerprint density at radius 2 is 2.28 bits per heavy atom. The molecular formula is C12H15N3O2S. The molecule has 0 fully saturated rings. The van der Waals surface area contributed by atoms with Crippen LogP contribution >= 0.6 is 0 Å². The van der Waals surface area contributed by atoms with Crippen LogP contribution in [0.25, 0.3) is 0 Å². The Kier molecular flexibility index (Phi) is 3.76. The van der Waals surface area contributed by atoms with Crippen molar-refractivity contribution in [3.8, 4) is 5.75 Å². The first-order valence-corrected chi connectivity index (χ1v) is 7.04. The summed E-state index contributed by atoms with van der Waals surface area (Å²) in [5.41, 5.74) is 1.61. The molecule has 2 rings (SSSR count). The van der Waals surface area contributed by atoms with E-state index in [9.17, 15) is 9.32 Å². The van der Waals surface area contributed by atoms with Crippen molar-refractivity contribution in [2.24, 2.45) is 0 Å². The van der Waals surface area contributed by atoms with Crippen LogP contribution in [-0.4, -0.2) is 30.1 Å². The fraction of sp³-hybridized carbons (Fsp3) is 0.333. The van der Waals surface area contributed by atoms with Crippen LogP contribution in [0.1, 0.15) is 23.4 Å². The highest BCUT2D eigenvalue weighted by Crippen LogP contribution is 2.26. The van der Waals surface area contributed by atoms with Gasteiger partial charge in [0, 0.05) is 11.9 Å². The topological polar surface area (TPSA) is 68.0 Å². The smallest absolute Gasteiger partial charge is 0.153 e. The highest BCUT2D eigenvalue weighted by Gasteiger charge is 2.21. The highest BCUT2D eigenvalue weighted by molar-refractivity contribution is 7.85. The molecule has 1 aromatic carbocycles. The van der Waals surface area contributed by atoms with Gasteiger partial charge in [-0.2, -0.15) is 0 Å². The lowest BCUT2D eigenvalue weighted by atomic mass is 10.1. The van der Waals surface area contributed by atoms with Crippen LogP contribution in [0, 0.1) is 6.92 Å². The van der Waals surface area contributed by atoms with E-state index in [1.165, 1.54) is 0 Å². The minimum absolute atomic E-state index is 0.235. The second kappa shape index (κ2) is 5.30. The van der Waals surface area contributed by atoms with Gasteiger partial charge in [-0.1, -0.05) is 18.2 Å². The van der Waals surface area contributed by atoms with Gasteiger partial charge in [-0.25, -0.2) is 4.68 Å². The SMILES string of the molecule is CCS(=O)C(c1ccc(O)c(C)c1)n1ccnn1. The maximum atomic E-state index is 12.2. The van der Waals surface area contributed by atoms with Crippen LogP contribution in [0.15, 0.2) is 30.6 Å². The average Bonchev–Trinajstić information content (AvgIpc) is 2.87. The normalized spacial score (nSPS) is 14.3. The number of phenolic OH excluding ortho intramolecular Hbond substituents is 1. The van der Waals surface area contributed by atoms with Gasteiger partial charge in [0.15, 0.2) is 5.37 Å². The number of hydrogen-bond donors (Lipinski definition) is 1. The molecule has 0 radical (unpaired) electrons. The molecule has 0 saturated heterocycles. The molecule has 0 saturated carbocycles. The number of rotatable bonds is 4. The van der Waals surface area contributed by atoms with Gasteiger partial charge < -0.3 is 5.11 Å². The van der Waals surface area contributed by atoms with E-state index in [1.54, 1.807) is 29.2 Å². The molecule has 2 aromatic rings. The van der Waals surface area contributed by atoms with E-state index in [0.29, 0.717) is 5.75 Å². The largest absolute Gasteiger partial charge is 0.508 e. The van der Waals surface area contributed by atoms with E-state index in [2.05, 4.69) is 10.3 Å². The molecule has 0 aliphatic heterocycles. The van der Waals surface area contributed by atoms with Gasteiger partial charge in [-0.05, 0) is 30.2 Å². The maximum Gasteiger partial charge on any atom is 0.153 e. The minimum atomic E-state index is -1.08. The number of aromatic nitrogens is 3. The lowest BCUT2D eigenvalue weighted by Crippen LogP contribution is -2.18. The number of benzene rings is 1. The van der Waals surface area contributed by atoms with Crippen molar-refractivity contribution < 1.29 is 9.32 Å². The van der Waals surface area contributed by atoms with Crippen molar-refractivity contribution >= 4 is 10.8 Å². The molecule has 1 heterocycles. The first-order chi connectivity index (χ1) is 8.63. The summed E-state index contributed by atoms with van der Waals surface area (Å²) in [7, 11) is -1.08. The summed E-state index contributed by atoms with van der Waals surface area (Å²) >= 11 is 0. The lowest BCUT2D eigenvalue weighted by molar-refractivity contribution is 0.470. The molecule has 0 aliphatic carbocycles. The van der Waals surface area contributed by atoms with Crippen molar-refractivity contribution in [3.05, 3.63) is 41.7 Å². The molecule has 1 N–H and O–H groups in total. The van der Waals surface area contributed by atoms with Crippen LogP contribution in [0.4, 0.5) is 0 Å². The maximum absolute atomic E-state index is 12.2. The third kappa shape index (κ3) is 2.43. The lowest BCUT2D eigenvalue weighted by Gasteiger charge is -2.17. The number of aryl methyl sites for hydroxylation is 1. The van der Waals surface area contributed by atoms with Gasteiger partial charge in [-0.15, -0.1) is 5.10 Å². The zero-order valence-corrected chi connectivity index (χ0v) is 11.1. The van der Waals surface area contributed by atoms with Crippen LogP contribution in [0.2, 0.25) is 0 Å². The van der Waals surface area contributed by atoms with Crippen LogP contribution in [0.5, 0.6) is 5.75 Å². The van der Waals surface area contributed by atoms with Crippen molar-refractivity contribution in [2.45, 2.75) is 19.2 Å². The molecule has 1 aromatic heterocycles. The Hall–Kier alpha value is -1.69. The van der Waals surface area contributed by atoms with E-state index >= 15 is 0 Å². The Labute approximate surface area is 108 Å². The van der Waals surface area contributed by atoms with E-state index in [1.807, 2.05) is 19.9 Å². The summed E-state index contributed by atoms with van der Waals surface area (Å²) in [6.45, 7) is 3.68. The number of nitrogens with zero attached hydrogens (tertiary/aromatic N) is 3. The van der Waals surface area contributed by atoms with E-state index in [4.69, 9.17) is 0 Å². The standard InChI is InChI=1S/C12H15N3O2S/c1-3-18(17)12(15-7-6-13-14-15)10-4-5-11(16)9(2)8-10/h4-8,12,16H,3H2,1-2H3. The molecule has 0 bridgehead atoms. The third-order valence-electron chi connectivity index (χ3n) is 2.72. The Bertz CT molecular complexity index is 554. The molecule has 18 heavy (non-hydrogen) atoms. The molecule has 96 valence electrons. The molecular weight excluding hydrogens is 250 g/mol. The molecule has 6 heteroatoms.